The lowest BCUT2D eigenvalue weighted by molar-refractivity contribution is 0.579. The fraction of sp³-hybridized carbons (Fsp3) is 0.286. The van der Waals surface area contributed by atoms with Crippen LogP contribution in [0.3, 0.4) is 0 Å². The van der Waals surface area contributed by atoms with Crippen molar-refractivity contribution in [3.05, 3.63) is 53.7 Å². The maximum Gasteiger partial charge on any atom is 0.217 e. The largest absolute Gasteiger partial charge is 0.363 e. The van der Waals surface area contributed by atoms with Gasteiger partial charge < -0.3 is 5.32 Å². The molecule has 2 rings (SSSR count). The number of hydrogen-bond donors (Lipinski definition) is 1. The molecule has 1 heterocycles. The first-order valence-corrected chi connectivity index (χ1v) is 6.02. The minimum atomic E-state index is -0.527. The molecular formula is C14H16FN3. The highest BCUT2D eigenvalue weighted by Gasteiger charge is 2.06. The van der Waals surface area contributed by atoms with Crippen molar-refractivity contribution in [2.24, 2.45) is 0 Å². The zero-order valence-corrected chi connectivity index (χ0v) is 10.5. The van der Waals surface area contributed by atoms with E-state index in [9.17, 15) is 4.39 Å². The Labute approximate surface area is 106 Å². The van der Waals surface area contributed by atoms with Gasteiger partial charge in [-0.1, -0.05) is 31.2 Å². The summed E-state index contributed by atoms with van der Waals surface area (Å²) >= 11 is 0. The Morgan fingerprint density at radius 3 is 2.56 bits per heavy atom. The van der Waals surface area contributed by atoms with Crippen LogP contribution < -0.4 is 5.32 Å². The van der Waals surface area contributed by atoms with Crippen LogP contribution in [0.1, 0.15) is 31.0 Å². The topological polar surface area (TPSA) is 37.8 Å². The van der Waals surface area contributed by atoms with Gasteiger partial charge in [-0.05, 0) is 24.5 Å². The van der Waals surface area contributed by atoms with Gasteiger partial charge in [0, 0.05) is 12.1 Å². The highest BCUT2D eigenvalue weighted by atomic mass is 19.1. The van der Waals surface area contributed by atoms with E-state index in [0.717, 1.165) is 12.0 Å². The van der Waals surface area contributed by atoms with Crippen LogP contribution in [0, 0.1) is 5.95 Å². The van der Waals surface area contributed by atoms with Gasteiger partial charge in [-0.2, -0.15) is 4.39 Å². The van der Waals surface area contributed by atoms with Crippen molar-refractivity contribution in [1.82, 2.24) is 9.97 Å². The molecule has 94 valence electrons. The predicted octanol–water partition coefficient (Wildman–Crippen LogP) is 3.35. The molecule has 1 atom stereocenters. The molecule has 3 nitrogen and oxygen atoms in total. The summed E-state index contributed by atoms with van der Waals surface area (Å²) in [6, 6.07) is 9.73. The minimum absolute atomic E-state index is 0.0743. The van der Waals surface area contributed by atoms with Crippen molar-refractivity contribution < 1.29 is 4.39 Å². The average Bonchev–Trinajstić information content (AvgIpc) is 2.39. The SMILES string of the molecule is CCc1ccc(C(C)Nc2cc(F)ncn2)cc1. The molecule has 0 aliphatic carbocycles. The number of anilines is 1. The molecule has 0 amide bonds. The summed E-state index contributed by atoms with van der Waals surface area (Å²) in [5.41, 5.74) is 2.45. The van der Waals surface area contributed by atoms with Crippen LogP contribution in [-0.2, 0) is 6.42 Å². The predicted molar refractivity (Wildman–Crippen MR) is 69.8 cm³/mol. The maximum atomic E-state index is 12.9. The molecule has 0 aliphatic heterocycles. The van der Waals surface area contributed by atoms with E-state index in [2.05, 4.69) is 46.5 Å². The Kier molecular flexibility index (Phi) is 3.87. The number of nitrogens with one attached hydrogen (secondary N) is 1. The first-order valence-electron chi connectivity index (χ1n) is 6.02. The van der Waals surface area contributed by atoms with E-state index >= 15 is 0 Å². The second kappa shape index (κ2) is 5.58. The second-order valence-electron chi connectivity index (χ2n) is 4.19. The monoisotopic (exact) mass is 245 g/mol. The van der Waals surface area contributed by atoms with Crippen molar-refractivity contribution in [2.75, 3.05) is 5.32 Å². The molecule has 4 heteroatoms. The van der Waals surface area contributed by atoms with Gasteiger partial charge in [0.15, 0.2) is 0 Å². The van der Waals surface area contributed by atoms with Crippen LogP contribution in [-0.4, -0.2) is 9.97 Å². The number of aromatic nitrogens is 2. The number of halogens is 1. The quantitative estimate of drug-likeness (QED) is 0.839. The van der Waals surface area contributed by atoms with Crippen LogP contribution in [0.25, 0.3) is 0 Å². The molecule has 0 fully saturated rings. The van der Waals surface area contributed by atoms with Crippen LogP contribution in [0.4, 0.5) is 10.2 Å². The molecule has 1 unspecified atom stereocenters. The third kappa shape index (κ3) is 3.03. The fourth-order valence-electron chi connectivity index (χ4n) is 1.76. The summed E-state index contributed by atoms with van der Waals surface area (Å²) in [4.78, 5) is 7.40. The zero-order valence-electron chi connectivity index (χ0n) is 10.5. The fourth-order valence-corrected chi connectivity index (χ4v) is 1.76. The van der Waals surface area contributed by atoms with Gasteiger partial charge >= 0.3 is 0 Å². The van der Waals surface area contributed by atoms with E-state index in [1.807, 2.05) is 6.92 Å². The number of nitrogens with zero attached hydrogens (tertiary/aromatic N) is 2. The highest BCUT2D eigenvalue weighted by molar-refractivity contribution is 5.37. The van der Waals surface area contributed by atoms with E-state index in [0.29, 0.717) is 5.82 Å². The van der Waals surface area contributed by atoms with Crippen LogP contribution in [0.5, 0.6) is 0 Å². The summed E-state index contributed by atoms with van der Waals surface area (Å²) in [5.74, 6) is -0.0319. The molecule has 18 heavy (non-hydrogen) atoms. The Morgan fingerprint density at radius 1 is 1.22 bits per heavy atom. The summed E-state index contributed by atoms with van der Waals surface area (Å²) < 4.78 is 12.9. The van der Waals surface area contributed by atoms with Crippen molar-refractivity contribution in [2.45, 2.75) is 26.3 Å². The van der Waals surface area contributed by atoms with Crippen molar-refractivity contribution in [1.29, 1.82) is 0 Å². The van der Waals surface area contributed by atoms with E-state index in [-0.39, 0.29) is 6.04 Å². The molecule has 0 bridgehead atoms. The van der Waals surface area contributed by atoms with Gasteiger partial charge in [0.2, 0.25) is 5.95 Å². The molecule has 0 aliphatic rings. The molecule has 2 aromatic rings. The van der Waals surface area contributed by atoms with E-state index in [1.54, 1.807) is 0 Å². The Hall–Kier alpha value is -1.97. The van der Waals surface area contributed by atoms with Gasteiger partial charge in [0.1, 0.15) is 12.1 Å². The van der Waals surface area contributed by atoms with Gasteiger partial charge in [0.05, 0.1) is 0 Å². The lowest BCUT2D eigenvalue weighted by Crippen LogP contribution is -2.08. The number of benzene rings is 1. The third-order valence-electron chi connectivity index (χ3n) is 2.89. The molecule has 0 saturated carbocycles. The maximum absolute atomic E-state index is 12.9. The summed E-state index contributed by atoms with van der Waals surface area (Å²) in [6.45, 7) is 4.14. The van der Waals surface area contributed by atoms with Crippen molar-refractivity contribution in [3.63, 3.8) is 0 Å². The molecule has 0 saturated heterocycles. The number of rotatable bonds is 4. The molecule has 1 N–H and O–H groups in total. The molecule has 1 aromatic heterocycles. The smallest absolute Gasteiger partial charge is 0.217 e. The standard InChI is InChI=1S/C14H16FN3/c1-3-11-4-6-12(7-5-11)10(2)18-14-8-13(15)16-9-17-14/h4-10H,3H2,1-2H3,(H,16,17,18). The Balaban J connectivity index is 2.09. The molecule has 0 spiro atoms. The first kappa shape index (κ1) is 12.5. The Bertz CT molecular complexity index is 511. The van der Waals surface area contributed by atoms with Gasteiger partial charge in [-0.3, -0.25) is 0 Å². The third-order valence-corrected chi connectivity index (χ3v) is 2.89. The van der Waals surface area contributed by atoms with Crippen LogP contribution in [0.15, 0.2) is 36.7 Å². The normalized spacial score (nSPS) is 12.2. The molecular weight excluding hydrogens is 229 g/mol. The number of aryl methyl sites for hydroxylation is 1. The molecule has 0 radical (unpaired) electrons. The van der Waals surface area contributed by atoms with Crippen LogP contribution >= 0.6 is 0 Å². The highest BCUT2D eigenvalue weighted by Crippen LogP contribution is 2.18. The van der Waals surface area contributed by atoms with Gasteiger partial charge in [-0.15, -0.1) is 0 Å². The van der Waals surface area contributed by atoms with Gasteiger partial charge in [-0.25, -0.2) is 9.97 Å². The summed E-state index contributed by atoms with van der Waals surface area (Å²) in [5, 5.41) is 3.15. The average molecular weight is 245 g/mol. The second-order valence-corrected chi connectivity index (χ2v) is 4.19. The summed E-state index contributed by atoms with van der Waals surface area (Å²) in [6.07, 6.45) is 2.24. The zero-order chi connectivity index (χ0) is 13.0. The van der Waals surface area contributed by atoms with E-state index in [4.69, 9.17) is 0 Å². The number of hydrogen-bond acceptors (Lipinski definition) is 3. The minimum Gasteiger partial charge on any atom is -0.363 e. The van der Waals surface area contributed by atoms with Crippen molar-refractivity contribution in [3.8, 4) is 0 Å². The lowest BCUT2D eigenvalue weighted by Gasteiger charge is -2.15. The van der Waals surface area contributed by atoms with Crippen LogP contribution in [0.2, 0.25) is 0 Å². The first-order chi connectivity index (χ1) is 8.69. The van der Waals surface area contributed by atoms with Crippen molar-refractivity contribution >= 4 is 5.82 Å². The van der Waals surface area contributed by atoms with Gasteiger partial charge in [0.25, 0.3) is 0 Å². The van der Waals surface area contributed by atoms with E-state index < -0.39 is 5.95 Å². The van der Waals surface area contributed by atoms with E-state index in [1.165, 1.54) is 18.0 Å². The Morgan fingerprint density at radius 2 is 1.94 bits per heavy atom. The lowest BCUT2D eigenvalue weighted by atomic mass is 10.1. The summed E-state index contributed by atoms with van der Waals surface area (Å²) in [7, 11) is 0. The molecule has 1 aromatic carbocycles.